The number of fused-ring (bicyclic) bond motifs is 3. The third kappa shape index (κ3) is 1.79. The van der Waals surface area contributed by atoms with E-state index in [4.69, 9.17) is 12.6 Å². The lowest BCUT2D eigenvalue weighted by molar-refractivity contribution is 0.134. The van der Waals surface area contributed by atoms with Crippen LogP contribution in [-0.4, -0.2) is 4.98 Å². The molecule has 1 aromatic carbocycles. The zero-order valence-electron chi connectivity index (χ0n) is 13.9. The quantitative estimate of drug-likeness (QED) is 0.721. The standard InChI is InChI=1S/C20H22N2S/c1-19(2)12-8-9-20(19,3)14(10-12)17-13-6-4-5-7-15(13)22-16(11-21)18(17)23/h4-7,12,14,23H,8-10H2,1-3H3. The van der Waals surface area contributed by atoms with Gasteiger partial charge in [-0.15, -0.1) is 12.6 Å². The largest absolute Gasteiger partial charge is 0.236 e. The van der Waals surface area contributed by atoms with Crippen LogP contribution in [0.3, 0.4) is 0 Å². The highest BCUT2D eigenvalue weighted by atomic mass is 32.1. The van der Waals surface area contributed by atoms with Crippen LogP contribution in [0.25, 0.3) is 10.9 Å². The van der Waals surface area contributed by atoms with Crippen molar-refractivity contribution in [3.8, 4) is 6.07 Å². The smallest absolute Gasteiger partial charge is 0.154 e. The van der Waals surface area contributed by atoms with E-state index in [1.165, 1.54) is 30.2 Å². The number of thiol groups is 1. The second-order valence-corrected chi connectivity index (χ2v) is 8.46. The summed E-state index contributed by atoms with van der Waals surface area (Å²) in [4.78, 5) is 5.30. The van der Waals surface area contributed by atoms with Crippen LogP contribution in [0.5, 0.6) is 0 Å². The van der Waals surface area contributed by atoms with E-state index in [0.717, 1.165) is 16.3 Å². The fourth-order valence-corrected chi connectivity index (χ4v) is 5.67. The number of pyridine rings is 1. The summed E-state index contributed by atoms with van der Waals surface area (Å²) in [6.07, 6.45) is 3.80. The Labute approximate surface area is 143 Å². The first-order chi connectivity index (χ1) is 10.9. The van der Waals surface area contributed by atoms with Crippen LogP contribution >= 0.6 is 12.6 Å². The molecule has 4 rings (SSSR count). The van der Waals surface area contributed by atoms with Crippen molar-refractivity contribution in [3.63, 3.8) is 0 Å². The van der Waals surface area contributed by atoms with Gasteiger partial charge in [0.05, 0.1) is 5.52 Å². The van der Waals surface area contributed by atoms with Crippen LogP contribution in [0.1, 0.15) is 57.2 Å². The summed E-state index contributed by atoms with van der Waals surface area (Å²) < 4.78 is 0. The Balaban J connectivity index is 2.01. The maximum absolute atomic E-state index is 9.48. The minimum atomic E-state index is 0.270. The molecule has 3 unspecified atom stereocenters. The van der Waals surface area contributed by atoms with Crippen LogP contribution in [0.15, 0.2) is 29.2 Å². The molecule has 0 radical (unpaired) electrons. The Morgan fingerprint density at radius 2 is 2.00 bits per heavy atom. The van der Waals surface area contributed by atoms with Gasteiger partial charge in [-0.25, -0.2) is 4.98 Å². The maximum atomic E-state index is 9.48. The van der Waals surface area contributed by atoms with E-state index in [1.807, 2.05) is 12.1 Å². The molecule has 3 atom stereocenters. The van der Waals surface area contributed by atoms with Crippen molar-refractivity contribution >= 4 is 23.5 Å². The van der Waals surface area contributed by atoms with Crippen LogP contribution in [0.4, 0.5) is 0 Å². The molecule has 0 saturated heterocycles. The lowest BCUT2D eigenvalue weighted by atomic mass is 9.64. The first kappa shape index (κ1) is 15.0. The van der Waals surface area contributed by atoms with E-state index in [9.17, 15) is 5.26 Å². The fraction of sp³-hybridized carbons (Fsp3) is 0.500. The number of nitriles is 1. The molecule has 118 valence electrons. The van der Waals surface area contributed by atoms with Gasteiger partial charge in [0.1, 0.15) is 6.07 Å². The third-order valence-electron chi connectivity index (χ3n) is 7.15. The van der Waals surface area contributed by atoms with Crippen molar-refractivity contribution in [3.05, 3.63) is 35.5 Å². The second kappa shape index (κ2) is 4.74. The summed E-state index contributed by atoms with van der Waals surface area (Å²) >= 11 is 4.75. The average molecular weight is 322 g/mol. The van der Waals surface area contributed by atoms with Crippen molar-refractivity contribution in [1.29, 1.82) is 5.26 Å². The molecular formula is C20H22N2S. The van der Waals surface area contributed by atoms with E-state index in [2.05, 4.69) is 44.0 Å². The zero-order chi connectivity index (χ0) is 16.4. The molecule has 2 aliphatic rings. The molecule has 0 spiro atoms. The van der Waals surface area contributed by atoms with E-state index < -0.39 is 0 Å². The van der Waals surface area contributed by atoms with E-state index in [-0.39, 0.29) is 5.41 Å². The van der Waals surface area contributed by atoms with Gasteiger partial charge in [0.15, 0.2) is 5.69 Å². The second-order valence-electron chi connectivity index (χ2n) is 8.01. The molecule has 2 saturated carbocycles. The molecular weight excluding hydrogens is 300 g/mol. The summed E-state index contributed by atoms with van der Waals surface area (Å²) in [7, 11) is 0. The van der Waals surface area contributed by atoms with E-state index in [0.29, 0.717) is 17.0 Å². The summed E-state index contributed by atoms with van der Waals surface area (Å²) in [5.74, 6) is 1.23. The van der Waals surface area contributed by atoms with Gasteiger partial charge in [-0.3, -0.25) is 0 Å². The van der Waals surface area contributed by atoms with Crippen molar-refractivity contribution in [2.45, 2.75) is 50.8 Å². The van der Waals surface area contributed by atoms with Crippen molar-refractivity contribution < 1.29 is 0 Å². The van der Waals surface area contributed by atoms with Gasteiger partial charge in [-0.1, -0.05) is 39.0 Å². The average Bonchev–Trinajstić information content (AvgIpc) is 2.87. The number of nitrogens with zero attached hydrogens (tertiary/aromatic N) is 2. The molecule has 3 heteroatoms. The first-order valence-corrected chi connectivity index (χ1v) is 8.86. The van der Waals surface area contributed by atoms with Crippen LogP contribution in [-0.2, 0) is 0 Å². The summed E-state index contributed by atoms with van der Waals surface area (Å²) in [5.41, 5.74) is 3.25. The van der Waals surface area contributed by atoms with Gasteiger partial charge in [0, 0.05) is 10.3 Å². The van der Waals surface area contributed by atoms with Gasteiger partial charge >= 0.3 is 0 Å². The maximum Gasteiger partial charge on any atom is 0.154 e. The molecule has 2 fully saturated rings. The molecule has 2 nitrogen and oxygen atoms in total. The molecule has 1 heterocycles. The molecule has 0 amide bonds. The van der Waals surface area contributed by atoms with Gasteiger partial charge in [-0.2, -0.15) is 5.26 Å². The normalized spacial score (nSPS) is 31.4. The number of aromatic nitrogens is 1. The van der Waals surface area contributed by atoms with Crippen LogP contribution < -0.4 is 0 Å². The topological polar surface area (TPSA) is 36.7 Å². The van der Waals surface area contributed by atoms with Gasteiger partial charge < -0.3 is 0 Å². The lowest BCUT2D eigenvalue weighted by Crippen LogP contribution is -2.31. The highest BCUT2D eigenvalue weighted by molar-refractivity contribution is 7.80. The van der Waals surface area contributed by atoms with E-state index >= 15 is 0 Å². The third-order valence-corrected chi connectivity index (χ3v) is 7.61. The molecule has 1 aromatic heterocycles. The predicted octanol–water partition coefficient (Wildman–Crippen LogP) is 5.32. The number of hydrogen-bond acceptors (Lipinski definition) is 3. The lowest BCUT2D eigenvalue weighted by Gasteiger charge is -2.40. The Bertz CT molecular complexity index is 849. The SMILES string of the molecule is CC1(C)C2CCC1(C)C(c1c(S)c(C#N)nc3ccccc13)C2. The molecule has 23 heavy (non-hydrogen) atoms. The van der Waals surface area contributed by atoms with Crippen molar-refractivity contribution in [2.75, 3.05) is 0 Å². The van der Waals surface area contributed by atoms with Gasteiger partial charge in [0.2, 0.25) is 0 Å². The first-order valence-electron chi connectivity index (χ1n) is 8.42. The summed E-state index contributed by atoms with van der Waals surface area (Å²) in [6.45, 7) is 7.30. The summed E-state index contributed by atoms with van der Waals surface area (Å²) in [6, 6.07) is 10.4. The Morgan fingerprint density at radius 1 is 1.26 bits per heavy atom. The fourth-order valence-electron chi connectivity index (χ4n) is 5.30. The number of hydrogen-bond donors (Lipinski definition) is 1. The minimum Gasteiger partial charge on any atom is -0.236 e. The summed E-state index contributed by atoms with van der Waals surface area (Å²) in [5, 5.41) is 10.7. The highest BCUT2D eigenvalue weighted by Crippen LogP contribution is 2.71. The van der Waals surface area contributed by atoms with Crippen molar-refractivity contribution in [2.24, 2.45) is 16.7 Å². The molecule has 0 N–H and O–H groups in total. The Hall–Kier alpha value is -1.53. The highest BCUT2D eigenvalue weighted by Gasteiger charge is 2.61. The zero-order valence-corrected chi connectivity index (χ0v) is 14.8. The van der Waals surface area contributed by atoms with Crippen LogP contribution in [0, 0.1) is 28.1 Å². The number of rotatable bonds is 1. The molecule has 2 aromatic rings. The van der Waals surface area contributed by atoms with Gasteiger partial charge in [0.25, 0.3) is 0 Å². The Kier molecular flexibility index (Phi) is 3.09. The Morgan fingerprint density at radius 3 is 2.61 bits per heavy atom. The molecule has 2 bridgehead atoms. The van der Waals surface area contributed by atoms with Crippen molar-refractivity contribution in [1.82, 2.24) is 4.98 Å². The predicted molar refractivity (Wildman–Crippen MR) is 95.7 cm³/mol. The molecule has 2 aliphatic carbocycles. The van der Waals surface area contributed by atoms with E-state index in [1.54, 1.807) is 0 Å². The number of para-hydroxylation sites is 1. The minimum absolute atomic E-state index is 0.270. The van der Waals surface area contributed by atoms with Crippen LogP contribution in [0.2, 0.25) is 0 Å². The molecule has 0 aliphatic heterocycles. The number of benzene rings is 1. The van der Waals surface area contributed by atoms with Gasteiger partial charge in [-0.05, 0) is 53.6 Å². The monoisotopic (exact) mass is 322 g/mol.